The van der Waals surface area contributed by atoms with E-state index >= 15 is 0 Å². The number of para-hydroxylation sites is 1. The predicted octanol–water partition coefficient (Wildman–Crippen LogP) is 5.96. The van der Waals surface area contributed by atoms with Gasteiger partial charge in [-0.15, -0.1) is 0 Å². The smallest absolute Gasteiger partial charge is 0.250 e. The molecule has 0 radical (unpaired) electrons. The highest BCUT2D eigenvalue weighted by Crippen LogP contribution is 2.24. The second-order valence-corrected chi connectivity index (χ2v) is 8.34. The Kier molecular flexibility index (Phi) is 6.67. The molecule has 0 aliphatic carbocycles. The van der Waals surface area contributed by atoms with Crippen LogP contribution < -0.4 is 15.6 Å². The number of hydrazone groups is 1. The summed E-state index contributed by atoms with van der Waals surface area (Å²) in [5.41, 5.74) is 4.72. The minimum Gasteiger partial charge on any atom is -0.455 e. The number of hydrogen-bond acceptors (Lipinski definition) is 8. The molecule has 2 aromatic carbocycles. The molecule has 8 nitrogen and oxygen atoms in total. The molecule has 34 heavy (non-hydrogen) atoms. The van der Waals surface area contributed by atoms with Crippen molar-refractivity contribution in [3.05, 3.63) is 77.5 Å². The van der Waals surface area contributed by atoms with Gasteiger partial charge in [0.05, 0.1) is 6.21 Å². The fourth-order valence-corrected chi connectivity index (χ4v) is 3.92. The zero-order chi connectivity index (χ0) is 23.2. The summed E-state index contributed by atoms with van der Waals surface area (Å²) in [7, 11) is 0. The predicted molar refractivity (Wildman–Crippen MR) is 136 cm³/mol. The molecular formula is C25H24ClN7O. The molecule has 0 bridgehead atoms. The Morgan fingerprint density at radius 3 is 2.53 bits per heavy atom. The fourth-order valence-electron chi connectivity index (χ4n) is 3.73. The summed E-state index contributed by atoms with van der Waals surface area (Å²) >= 11 is 6.08. The van der Waals surface area contributed by atoms with E-state index in [0.717, 1.165) is 37.2 Å². The number of anilines is 4. The van der Waals surface area contributed by atoms with Crippen LogP contribution in [0.3, 0.4) is 0 Å². The molecule has 4 aromatic rings. The van der Waals surface area contributed by atoms with E-state index in [0.29, 0.717) is 34.4 Å². The van der Waals surface area contributed by atoms with Gasteiger partial charge in [0.1, 0.15) is 11.5 Å². The van der Waals surface area contributed by atoms with Gasteiger partial charge in [-0.3, -0.25) is 0 Å². The highest BCUT2D eigenvalue weighted by atomic mass is 35.5. The summed E-state index contributed by atoms with van der Waals surface area (Å²) in [6.07, 6.45) is 5.07. The summed E-state index contributed by atoms with van der Waals surface area (Å²) in [6, 6.07) is 21.0. The van der Waals surface area contributed by atoms with E-state index in [4.69, 9.17) is 16.0 Å². The van der Waals surface area contributed by atoms with Crippen LogP contribution in [0.1, 0.15) is 25.0 Å². The van der Waals surface area contributed by atoms with Crippen molar-refractivity contribution in [3.63, 3.8) is 0 Å². The fraction of sp³-hybridized carbons (Fsp3) is 0.200. The first kappa shape index (κ1) is 21.9. The summed E-state index contributed by atoms with van der Waals surface area (Å²) in [5.74, 6) is 2.75. The highest BCUT2D eigenvalue weighted by Gasteiger charge is 2.16. The van der Waals surface area contributed by atoms with E-state index in [1.807, 2.05) is 66.7 Å². The van der Waals surface area contributed by atoms with Crippen molar-refractivity contribution in [2.75, 3.05) is 28.7 Å². The molecular weight excluding hydrogens is 450 g/mol. The molecule has 0 spiro atoms. The van der Waals surface area contributed by atoms with E-state index in [-0.39, 0.29) is 0 Å². The molecule has 2 N–H and O–H groups in total. The van der Waals surface area contributed by atoms with E-state index < -0.39 is 0 Å². The van der Waals surface area contributed by atoms with Crippen LogP contribution in [0.2, 0.25) is 5.02 Å². The van der Waals surface area contributed by atoms with Crippen molar-refractivity contribution in [3.8, 4) is 11.3 Å². The molecule has 2 aromatic heterocycles. The molecule has 1 aliphatic rings. The zero-order valence-corrected chi connectivity index (χ0v) is 19.2. The lowest BCUT2D eigenvalue weighted by molar-refractivity contribution is 0.568. The van der Waals surface area contributed by atoms with E-state index in [1.54, 1.807) is 6.21 Å². The molecule has 3 heterocycles. The Bertz CT molecular complexity index is 1270. The molecule has 9 heteroatoms. The Hall–Kier alpha value is -3.91. The molecule has 0 atom stereocenters. The van der Waals surface area contributed by atoms with Crippen LogP contribution in [0.25, 0.3) is 11.3 Å². The van der Waals surface area contributed by atoms with Gasteiger partial charge in [-0.05, 0) is 55.7 Å². The quantitative estimate of drug-likeness (QED) is 0.252. The van der Waals surface area contributed by atoms with E-state index in [2.05, 4.69) is 35.7 Å². The maximum atomic E-state index is 6.08. The summed E-state index contributed by atoms with van der Waals surface area (Å²) in [6.45, 7) is 1.85. The van der Waals surface area contributed by atoms with Crippen molar-refractivity contribution in [2.45, 2.75) is 19.3 Å². The zero-order valence-electron chi connectivity index (χ0n) is 18.5. The first-order valence-corrected chi connectivity index (χ1v) is 11.6. The standard InChI is InChI=1S/C25H24ClN7O/c26-19-9-7-8-18(16-19)22-13-12-21(34-22)17-27-32-24-29-23(28-20-10-3-1-4-11-20)30-25(31-24)33-14-5-2-6-15-33/h1,3-4,7-13,16-17H,2,5-6,14-15H2,(H2,28,29,30,31,32)/b27-17+. The Balaban J connectivity index is 1.34. The van der Waals surface area contributed by atoms with Gasteiger partial charge in [0.15, 0.2) is 0 Å². The van der Waals surface area contributed by atoms with Gasteiger partial charge in [-0.25, -0.2) is 5.43 Å². The second-order valence-electron chi connectivity index (χ2n) is 7.90. The number of halogens is 1. The lowest BCUT2D eigenvalue weighted by atomic mass is 10.1. The van der Waals surface area contributed by atoms with Gasteiger partial charge in [-0.2, -0.15) is 20.1 Å². The molecule has 5 rings (SSSR count). The molecule has 1 aliphatic heterocycles. The molecule has 0 amide bonds. The number of hydrogen-bond donors (Lipinski definition) is 2. The highest BCUT2D eigenvalue weighted by molar-refractivity contribution is 6.30. The third-order valence-electron chi connectivity index (χ3n) is 5.38. The maximum absolute atomic E-state index is 6.08. The maximum Gasteiger partial charge on any atom is 0.250 e. The van der Waals surface area contributed by atoms with E-state index in [1.165, 1.54) is 6.42 Å². The average Bonchev–Trinajstić information content (AvgIpc) is 3.34. The monoisotopic (exact) mass is 473 g/mol. The van der Waals surface area contributed by atoms with Crippen LogP contribution >= 0.6 is 11.6 Å². The molecule has 0 unspecified atom stereocenters. The Labute approximate surface area is 202 Å². The normalized spacial score (nSPS) is 13.9. The van der Waals surface area contributed by atoms with Crippen molar-refractivity contribution >= 4 is 41.3 Å². The minimum atomic E-state index is 0.354. The first-order chi connectivity index (χ1) is 16.7. The number of benzene rings is 2. The third kappa shape index (κ3) is 5.52. The largest absolute Gasteiger partial charge is 0.455 e. The van der Waals surface area contributed by atoms with Crippen LogP contribution in [0, 0.1) is 0 Å². The number of rotatable bonds is 7. The van der Waals surface area contributed by atoms with Gasteiger partial charge in [0.2, 0.25) is 17.8 Å². The number of aromatic nitrogens is 3. The lowest BCUT2D eigenvalue weighted by Crippen LogP contribution is -2.31. The van der Waals surface area contributed by atoms with E-state index in [9.17, 15) is 0 Å². The number of furan rings is 1. The topological polar surface area (TPSA) is 91.5 Å². The van der Waals surface area contributed by atoms with Crippen LogP contribution in [-0.2, 0) is 0 Å². The molecule has 172 valence electrons. The van der Waals surface area contributed by atoms with Gasteiger partial charge in [-0.1, -0.05) is 41.9 Å². The van der Waals surface area contributed by atoms with Gasteiger partial charge < -0.3 is 14.6 Å². The molecule has 1 fully saturated rings. The van der Waals surface area contributed by atoms with Crippen molar-refractivity contribution in [2.24, 2.45) is 5.10 Å². The third-order valence-corrected chi connectivity index (χ3v) is 5.62. The van der Waals surface area contributed by atoms with Crippen LogP contribution in [-0.4, -0.2) is 34.3 Å². The van der Waals surface area contributed by atoms with Crippen LogP contribution in [0.4, 0.5) is 23.5 Å². The summed E-state index contributed by atoms with van der Waals surface area (Å²) in [5, 5.41) is 8.18. The molecule has 1 saturated heterocycles. The van der Waals surface area contributed by atoms with Crippen LogP contribution in [0.15, 0.2) is 76.2 Å². The SMILES string of the molecule is Clc1cccc(-c2ccc(/C=N/Nc3nc(Nc4ccccc4)nc(N4CCCCC4)n3)o2)c1. The first-order valence-electron chi connectivity index (χ1n) is 11.2. The van der Waals surface area contributed by atoms with Gasteiger partial charge in [0.25, 0.3) is 0 Å². The average molecular weight is 474 g/mol. The Morgan fingerprint density at radius 1 is 0.882 bits per heavy atom. The van der Waals surface area contributed by atoms with Crippen molar-refractivity contribution in [1.29, 1.82) is 0 Å². The molecule has 0 saturated carbocycles. The van der Waals surface area contributed by atoms with Gasteiger partial charge in [0, 0.05) is 29.4 Å². The Morgan fingerprint density at radius 2 is 1.71 bits per heavy atom. The summed E-state index contributed by atoms with van der Waals surface area (Å²) < 4.78 is 5.86. The van der Waals surface area contributed by atoms with Gasteiger partial charge >= 0.3 is 0 Å². The number of nitrogens with one attached hydrogen (secondary N) is 2. The van der Waals surface area contributed by atoms with Crippen molar-refractivity contribution < 1.29 is 4.42 Å². The van der Waals surface area contributed by atoms with Crippen molar-refractivity contribution in [1.82, 2.24) is 15.0 Å². The summed E-state index contributed by atoms with van der Waals surface area (Å²) in [4.78, 5) is 15.9. The lowest BCUT2D eigenvalue weighted by Gasteiger charge is -2.26. The van der Waals surface area contributed by atoms with Crippen LogP contribution in [0.5, 0.6) is 0 Å². The number of nitrogens with zero attached hydrogens (tertiary/aromatic N) is 5. The number of piperidine rings is 1. The minimum absolute atomic E-state index is 0.354. The second kappa shape index (κ2) is 10.4.